The van der Waals surface area contributed by atoms with E-state index in [1.165, 1.54) is 0 Å². The van der Waals surface area contributed by atoms with Gasteiger partial charge in [0.1, 0.15) is 11.5 Å². The van der Waals surface area contributed by atoms with E-state index in [1.807, 2.05) is 39.8 Å². The molecule has 0 spiro atoms. The van der Waals surface area contributed by atoms with E-state index in [-0.39, 0.29) is 5.91 Å². The minimum absolute atomic E-state index is 0.107. The number of piperazine rings is 1. The van der Waals surface area contributed by atoms with Crippen LogP contribution in [0.2, 0.25) is 0 Å². The minimum Gasteiger partial charge on any atom is -0.467 e. The molecule has 1 saturated heterocycles. The molecule has 8 nitrogen and oxygen atoms in total. The maximum atomic E-state index is 11.6. The monoisotopic (exact) mass is 352 g/mol. The lowest BCUT2D eigenvalue weighted by molar-refractivity contribution is -0.129. The number of carbonyl (C=O) groups excluding carboxylic acids is 1. The lowest BCUT2D eigenvalue weighted by atomic mass is 10.3. The third-order valence-corrected chi connectivity index (χ3v) is 4.53. The van der Waals surface area contributed by atoms with Gasteiger partial charge in [-0.05, 0) is 24.3 Å². The topological polar surface area (TPSA) is 80.3 Å². The van der Waals surface area contributed by atoms with Crippen LogP contribution in [0.3, 0.4) is 0 Å². The molecule has 0 bridgehead atoms. The molecule has 3 aromatic heterocycles. The van der Waals surface area contributed by atoms with Gasteiger partial charge in [0.25, 0.3) is 0 Å². The van der Waals surface area contributed by atoms with Gasteiger partial charge in [0, 0.05) is 39.3 Å². The second-order valence-electron chi connectivity index (χ2n) is 6.20. The van der Waals surface area contributed by atoms with E-state index < -0.39 is 0 Å². The summed E-state index contributed by atoms with van der Waals surface area (Å²) >= 11 is 0. The van der Waals surface area contributed by atoms with E-state index in [0.29, 0.717) is 25.5 Å². The smallest absolute Gasteiger partial charge is 0.228 e. The zero-order valence-corrected chi connectivity index (χ0v) is 14.6. The molecule has 26 heavy (non-hydrogen) atoms. The molecule has 1 amide bonds. The highest BCUT2D eigenvalue weighted by Gasteiger charge is 2.25. The first-order chi connectivity index (χ1) is 12.7. The predicted octanol–water partition coefficient (Wildman–Crippen LogP) is 1.65. The SMILES string of the molecule is CC(=O)N1CCN(c2nnc(-c3ccccn3)n2Cc2ccco2)CC1. The van der Waals surface area contributed by atoms with Gasteiger partial charge in [-0.3, -0.25) is 14.3 Å². The number of anilines is 1. The normalized spacial score (nSPS) is 14.7. The number of hydrogen-bond acceptors (Lipinski definition) is 6. The summed E-state index contributed by atoms with van der Waals surface area (Å²) in [6.07, 6.45) is 3.40. The summed E-state index contributed by atoms with van der Waals surface area (Å²) in [4.78, 5) is 20.0. The molecule has 134 valence electrons. The summed E-state index contributed by atoms with van der Waals surface area (Å²) < 4.78 is 7.54. The van der Waals surface area contributed by atoms with Crippen molar-refractivity contribution in [2.75, 3.05) is 31.1 Å². The third-order valence-electron chi connectivity index (χ3n) is 4.53. The fourth-order valence-corrected chi connectivity index (χ4v) is 3.14. The van der Waals surface area contributed by atoms with E-state index in [2.05, 4.69) is 20.1 Å². The van der Waals surface area contributed by atoms with Crippen LogP contribution in [-0.2, 0) is 11.3 Å². The third kappa shape index (κ3) is 3.17. The number of amides is 1. The number of hydrogen-bond donors (Lipinski definition) is 0. The maximum absolute atomic E-state index is 11.6. The Bertz CT molecular complexity index is 866. The van der Waals surface area contributed by atoms with Crippen LogP contribution < -0.4 is 4.90 Å². The van der Waals surface area contributed by atoms with Gasteiger partial charge in [-0.15, -0.1) is 10.2 Å². The van der Waals surface area contributed by atoms with Crippen LogP contribution in [-0.4, -0.2) is 56.7 Å². The van der Waals surface area contributed by atoms with Gasteiger partial charge >= 0.3 is 0 Å². The van der Waals surface area contributed by atoms with E-state index in [4.69, 9.17) is 4.42 Å². The van der Waals surface area contributed by atoms with Crippen molar-refractivity contribution < 1.29 is 9.21 Å². The Morgan fingerprint density at radius 2 is 1.96 bits per heavy atom. The fourth-order valence-electron chi connectivity index (χ4n) is 3.14. The van der Waals surface area contributed by atoms with Crippen molar-refractivity contribution in [3.05, 3.63) is 48.6 Å². The Morgan fingerprint density at radius 3 is 2.62 bits per heavy atom. The van der Waals surface area contributed by atoms with Gasteiger partial charge < -0.3 is 14.2 Å². The highest BCUT2D eigenvalue weighted by molar-refractivity contribution is 5.73. The summed E-state index contributed by atoms with van der Waals surface area (Å²) in [5, 5.41) is 8.80. The molecule has 4 heterocycles. The highest BCUT2D eigenvalue weighted by Crippen LogP contribution is 2.23. The quantitative estimate of drug-likeness (QED) is 0.710. The van der Waals surface area contributed by atoms with Crippen molar-refractivity contribution in [3.63, 3.8) is 0 Å². The van der Waals surface area contributed by atoms with Crippen LogP contribution in [0.1, 0.15) is 12.7 Å². The van der Waals surface area contributed by atoms with E-state index in [1.54, 1.807) is 19.4 Å². The zero-order valence-electron chi connectivity index (χ0n) is 14.6. The molecule has 0 aromatic carbocycles. The van der Waals surface area contributed by atoms with Crippen LogP contribution in [0.4, 0.5) is 5.95 Å². The Morgan fingerprint density at radius 1 is 1.12 bits per heavy atom. The van der Waals surface area contributed by atoms with E-state index >= 15 is 0 Å². The summed E-state index contributed by atoms with van der Waals surface area (Å²) in [5.41, 5.74) is 0.764. The molecule has 8 heteroatoms. The van der Waals surface area contributed by atoms with Gasteiger partial charge in [-0.1, -0.05) is 6.07 Å². The molecule has 1 aliphatic rings. The van der Waals surface area contributed by atoms with Crippen molar-refractivity contribution in [1.29, 1.82) is 0 Å². The van der Waals surface area contributed by atoms with Crippen molar-refractivity contribution in [2.45, 2.75) is 13.5 Å². The molecule has 0 unspecified atom stereocenters. The summed E-state index contributed by atoms with van der Waals surface area (Å²) in [6.45, 7) is 4.93. The molecule has 4 rings (SSSR count). The lowest BCUT2D eigenvalue weighted by Gasteiger charge is -2.34. The predicted molar refractivity (Wildman–Crippen MR) is 95.5 cm³/mol. The van der Waals surface area contributed by atoms with Crippen molar-refractivity contribution in [2.24, 2.45) is 0 Å². The van der Waals surface area contributed by atoms with Gasteiger partial charge in [0.15, 0.2) is 5.82 Å². The largest absolute Gasteiger partial charge is 0.467 e. The summed E-state index contributed by atoms with van der Waals surface area (Å²) in [6, 6.07) is 9.52. The molecule has 0 N–H and O–H groups in total. The van der Waals surface area contributed by atoms with Crippen molar-refractivity contribution in [3.8, 4) is 11.5 Å². The Balaban J connectivity index is 1.66. The average Bonchev–Trinajstić information content (AvgIpc) is 3.33. The zero-order chi connectivity index (χ0) is 17.9. The van der Waals surface area contributed by atoms with Gasteiger partial charge in [-0.25, -0.2) is 0 Å². The molecule has 3 aromatic rings. The van der Waals surface area contributed by atoms with Crippen molar-refractivity contribution >= 4 is 11.9 Å². The van der Waals surface area contributed by atoms with Crippen LogP contribution in [0.5, 0.6) is 0 Å². The van der Waals surface area contributed by atoms with Gasteiger partial charge in [-0.2, -0.15) is 0 Å². The van der Waals surface area contributed by atoms with Crippen molar-refractivity contribution in [1.82, 2.24) is 24.6 Å². The minimum atomic E-state index is 0.107. The molecule has 0 saturated carbocycles. The standard InChI is InChI=1S/C18H20N6O2/c1-14(25)22-8-10-23(11-9-22)18-21-20-17(16-6-2-3-7-19-16)24(18)13-15-5-4-12-26-15/h2-7,12H,8-11,13H2,1H3. The molecular weight excluding hydrogens is 332 g/mol. The second-order valence-corrected chi connectivity index (χ2v) is 6.20. The molecule has 1 aliphatic heterocycles. The fraction of sp³-hybridized carbons (Fsp3) is 0.333. The van der Waals surface area contributed by atoms with E-state index in [0.717, 1.165) is 30.5 Å². The molecular formula is C18H20N6O2. The summed E-state index contributed by atoms with van der Waals surface area (Å²) in [7, 11) is 0. The first kappa shape index (κ1) is 16.3. The summed E-state index contributed by atoms with van der Waals surface area (Å²) in [5.74, 6) is 2.40. The van der Waals surface area contributed by atoms with Gasteiger partial charge in [0.2, 0.25) is 11.9 Å². The Kier molecular flexibility index (Phi) is 4.39. The average molecular weight is 352 g/mol. The second kappa shape index (κ2) is 6.99. The number of nitrogens with zero attached hydrogens (tertiary/aromatic N) is 6. The molecule has 0 radical (unpaired) electrons. The Labute approximate surface area is 151 Å². The molecule has 0 atom stereocenters. The first-order valence-corrected chi connectivity index (χ1v) is 8.60. The molecule has 0 aliphatic carbocycles. The lowest BCUT2D eigenvalue weighted by Crippen LogP contribution is -2.48. The highest BCUT2D eigenvalue weighted by atomic mass is 16.3. The maximum Gasteiger partial charge on any atom is 0.228 e. The van der Waals surface area contributed by atoms with Crippen LogP contribution >= 0.6 is 0 Å². The van der Waals surface area contributed by atoms with Crippen LogP contribution in [0.25, 0.3) is 11.5 Å². The van der Waals surface area contributed by atoms with E-state index in [9.17, 15) is 4.79 Å². The molecule has 1 fully saturated rings. The number of furan rings is 1. The van der Waals surface area contributed by atoms with Crippen LogP contribution in [0.15, 0.2) is 47.2 Å². The number of carbonyl (C=O) groups is 1. The number of aromatic nitrogens is 4. The Hall–Kier alpha value is -3.16. The van der Waals surface area contributed by atoms with Gasteiger partial charge in [0.05, 0.1) is 12.8 Å². The number of rotatable bonds is 4. The first-order valence-electron chi connectivity index (χ1n) is 8.60. The number of pyridine rings is 1. The van der Waals surface area contributed by atoms with Crippen LogP contribution in [0, 0.1) is 0 Å².